The highest BCUT2D eigenvalue weighted by Crippen LogP contribution is 2.32. The molecule has 5 rings (SSSR count). The number of nitrogens with two attached hydrogens (primary N) is 1. The van der Waals surface area contributed by atoms with Gasteiger partial charge in [-0.25, -0.2) is 14.6 Å². The molecule has 0 aliphatic rings. The lowest BCUT2D eigenvalue weighted by atomic mass is 10.1. The lowest BCUT2D eigenvalue weighted by Crippen LogP contribution is -2.19. The van der Waals surface area contributed by atoms with Crippen LogP contribution >= 0.6 is 0 Å². The van der Waals surface area contributed by atoms with E-state index in [4.69, 9.17) is 15.7 Å². The van der Waals surface area contributed by atoms with Crippen molar-refractivity contribution < 1.29 is 9.53 Å². The summed E-state index contributed by atoms with van der Waals surface area (Å²) in [5.41, 5.74) is 8.92. The van der Waals surface area contributed by atoms with Gasteiger partial charge in [0.2, 0.25) is 5.91 Å². The summed E-state index contributed by atoms with van der Waals surface area (Å²) in [5, 5.41) is 17.0. The van der Waals surface area contributed by atoms with Crippen molar-refractivity contribution in [3.8, 4) is 28.8 Å². The zero-order valence-electron chi connectivity index (χ0n) is 18.4. The number of nitriles is 1. The Bertz CT molecular complexity index is 1560. The molecule has 0 radical (unpaired) electrons. The first-order valence-electron chi connectivity index (χ1n) is 10.7. The van der Waals surface area contributed by atoms with E-state index in [0.717, 1.165) is 11.3 Å². The van der Waals surface area contributed by atoms with Crippen LogP contribution in [0, 0.1) is 11.3 Å². The molecule has 0 unspecified atom stereocenters. The maximum Gasteiger partial charge on any atom is 0.246 e. The summed E-state index contributed by atoms with van der Waals surface area (Å²) in [4.78, 5) is 21.1. The molecule has 2 heterocycles. The van der Waals surface area contributed by atoms with E-state index in [1.807, 2.05) is 54.6 Å². The number of anilines is 2. The Balaban J connectivity index is 1.43. The fourth-order valence-corrected chi connectivity index (χ4v) is 3.65. The smallest absolute Gasteiger partial charge is 0.246 e. The summed E-state index contributed by atoms with van der Waals surface area (Å²) in [6, 6.07) is 25.6. The SMILES string of the molecule is N#Cc1cccc(NC(=O)Cn2nc(-c3ccc(Oc4ccccc4)cc3)c3c(N)ncnc32)c1. The molecule has 0 saturated heterocycles. The Kier molecular flexibility index (Phi) is 5.76. The minimum Gasteiger partial charge on any atom is -0.457 e. The molecule has 170 valence electrons. The van der Waals surface area contributed by atoms with E-state index in [1.165, 1.54) is 11.0 Å². The van der Waals surface area contributed by atoms with Crippen molar-refractivity contribution in [2.45, 2.75) is 6.54 Å². The van der Waals surface area contributed by atoms with Crippen molar-refractivity contribution in [1.82, 2.24) is 19.7 Å². The van der Waals surface area contributed by atoms with Crippen LogP contribution in [0.15, 0.2) is 85.2 Å². The molecule has 0 spiro atoms. The molecule has 9 heteroatoms. The molecule has 0 bridgehead atoms. The van der Waals surface area contributed by atoms with Crippen LogP contribution in [0.3, 0.4) is 0 Å². The van der Waals surface area contributed by atoms with Gasteiger partial charge in [-0.1, -0.05) is 24.3 Å². The monoisotopic (exact) mass is 461 g/mol. The fraction of sp³-hybridized carbons (Fsp3) is 0.0385. The number of aromatic nitrogens is 4. The second-order valence-corrected chi connectivity index (χ2v) is 7.64. The van der Waals surface area contributed by atoms with Crippen molar-refractivity contribution >= 4 is 28.4 Å². The van der Waals surface area contributed by atoms with Gasteiger partial charge >= 0.3 is 0 Å². The maximum absolute atomic E-state index is 12.7. The second-order valence-electron chi connectivity index (χ2n) is 7.64. The number of fused-ring (bicyclic) bond motifs is 1. The number of carbonyl (C=O) groups is 1. The van der Waals surface area contributed by atoms with Crippen molar-refractivity contribution in [3.63, 3.8) is 0 Å². The number of amides is 1. The largest absolute Gasteiger partial charge is 0.457 e. The molecule has 3 aromatic carbocycles. The zero-order chi connectivity index (χ0) is 24.2. The normalized spacial score (nSPS) is 10.6. The van der Waals surface area contributed by atoms with Crippen LogP contribution in [0.5, 0.6) is 11.5 Å². The summed E-state index contributed by atoms with van der Waals surface area (Å²) < 4.78 is 7.35. The standard InChI is InChI=1S/C26H19N7O2/c27-14-17-5-4-6-19(13-17)31-22(34)15-33-26-23(25(28)29-16-30-26)24(32-33)18-9-11-21(12-10-18)35-20-7-2-1-3-8-20/h1-13,16H,15H2,(H,31,34)(H2,28,29,30). The van der Waals surface area contributed by atoms with Gasteiger partial charge in [-0.15, -0.1) is 0 Å². The Morgan fingerprint density at radius 3 is 2.54 bits per heavy atom. The molecule has 0 aliphatic heterocycles. The van der Waals surface area contributed by atoms with Crippen molar-refractivity contribution in [1.29, 1.82) is 5.26 Å². The summed E-state index contributed by atoms with van der Waals surface area (Å²) in [6.45, 7) is -0.0983. The lowest BCUT2D eigenvalue weighted by Gasteiger charge is -2.06. The molecule has 35 heavy (non-hydrogen) atoms. The number of rotatable bonds is 6. The van der Waals surface area contributed by atoms with Crippen LogP contribution in [-0.2, 0) is 11.3 Å². The van der Waals surface area contributed by atoms with E-state index in [9.17, 15) is 4.79 Å². The molecular formula is C26H19N7O2. The third kappa shape index (κ3) is 4.62. The minimum absolute atomic E-state index is 0.0983. The van der Waals surface area contributed by atoms with E-state index in [1.54, 1.807) is 24.3 Å². The minimum atomic E-state index is -0.320. The van der Waals surface area contributed by atoms with Crippen molar-refractivity contribution in [3.05, 3.63) is 90.8 Å². The number of nitrogen functional groups attached to an aromatic ring is 1. The zero-order valence-corrected chi connectivity index (χ0v) is 18.4. The van der Waals surface area contributed by atoms with Gasteiger partial charge in [0, 0.05) is 11.3 Å². The predicted molar refractivity (Wildman–Crippen MR) is 131 cm³/mol. The third-order valence-corrected chi connectivity index (χ3v) is 5.23. The molecule has 0 saturated carbocycles. The summed E-state index contributed by atoms with van der Waals surface area (Å²) in [7, 11) is 0. The number of carbonyl (C=O) groups excluding carboxylic acids is 1. The van der Waals surface area contributed by atoms with E-state index >= 15 is 0 Å². The third-order valence-electron chi connectivity index (χ3n) is 5.23. The summed E-state index contributed by atoms with van der Waals surface area (Å²) in [6.07, 6.45) is 1.34. The summed E-state index contributed by atoms with van der Waals surface area (Å²) in [5.74, 6) is 1.36. The Morgan fingerprint density at radius 2 is 1.77 bits per heavy atom. The molecule has 3 N–H and O–H groups in total. The van der Waals surface area contributed by atoms with Crippen LogP contribution in [0.1, 0.15) is 5.56 Å². The average molecular weight is 461 g/mol. The van der Waals surface area contributed by atoms with Crippen LogP contribution in [0.25, 0.3) is 22.3 Å². The Morgan fingerprint density at radius 1 is 1.00 bits per heavy atom. The Labute approximate surface area is 200 Å². The fourth-order valence-electron chi connectivity index (χ4n) is 3.65. The van der Waals surface area contributed by atoms with Gasteiger partial charge < -0.3 is 15.8 Å². The highest BCUT2D eigenvalue weighted by Gasteiger charge is 2.19. The predicted octanol–water partition coefficient (Wildman–Crippen LogP) is 4.38. The number of ether oxygens (including phenoxy) is 1. The van der Waals surface area contributed by atoms with Gasteiger partial charge in [-0.05, 0) is 54.6 Å². The number of nitrogens with zero attached hydrogens (tertiary/aromatic N) is 5. The molecule has 0 atom stereocenters. The van der Waals surface area contributed by atoms with Crippen LogP contribution in [-0.4, -0.2) is 25.7 Å². The van der Waals surface area contributed by atoms with Crippen LogP contribution < -0.4 is 15.8 Å². The van der Waals surface area contributed by atoms with Crippen LogP contribution in [0.2, 0.25) is 0 Å². The molecule has 1 amide bonds. The number of hydrogen-bond acceptors (Lipinski definition) is 7. The van der Waals surface area contributed by atoms with Crippen molar-refractivity contribution in [2.75, 3.05) is 11.1 Å². The molecule has 2 aromatic heterocycles. The van der Waals surface area contributed by atoms with Gasteiger partial charge in [0.05, 0.1) is 17.0 Å². The van der Waals surface area contributed by atoms with E-state index < -0.39 is 0 Å². The number of para-hydroxylation sites is 1. The maximum atomic E-state index is 12.7. The van der Waals surface area contributed by atoms with Gasteiger partial charge in [0.25, 0.3) is 0 Å². The second kappa shape index (κ2) is 9.33. The molecular weight excluding hydrogens is 442 g/mol. The molecule has 5 aromatic rings. The number of hydrogen-bond donors (Lipinski definition) is 2. The quantitative estimate of drug-likeness (QED) is 0.383. The number of nitrogens with one attached hydrogen (secondary N) is 1. The first kappa shape index (κ1) is 21.6. The molecule has 0 fully saturated rings. The van der Waals surface area contributed by atoms with Gasteiger partial charge in [0.1, 0.15) is 35.9 Å². The highest BCUT2D eigenvalue weighted by atomic mass is 16.5. The summed E-state index contributed by atoms with van der Waals surface area (Å²) >= 11 is 0. The van der Waals surface area contributed by atoms with E-state index in [-0.39, 0.29) is 18.3 Å². The highest BCUT2D eigenvalue weighted by molar-refractivity contribution is 5.99. The van der Waals surface area contributed by atoms with Gasteiger partial charge in [-0.3, -0.25) is 4.79 Å². The topological polar surface area (TPSA) is 132 Å². The Hall–Kier alpha value is -5.23. The van der Waals surface area contributed by atoms with E-state index in [2.05, 4.69) is 26.5 Å². The molecule has 9 nitrogen and oxygen atoms in total. The van der Waals surface area contributed by atoms with Crippen LogP contribution in [0.4, 0.5) is 11.5 Å². The first-order valence-corrected chi connectivity index (χ1v) is 10.7. The van der Waals surface area contributed by atoms with Gasteiger partial charge in [-0.2, -0.15) is 10.4 Å². The van der Waals surface area contributed by atoms with Gasteiger partial charge in [0.15, 0.2) is 5.65 Å². The first-order chi connectivity index (χ1) is 17.1. The van der Waals surface area contributed by atoms with Crippen molar-refractivity contribution in [2.24, 2.45) is 0 Å². The lowest BCUT2D eigenvalue weighted by molar-refractivity contribution is -0.116. The van der Waals surface area contributed by atoms with E-state index in [0.29, 0.717) is 33.7 Å². The number of benzene rings is 3. The molecule has 0 aliphatic carbocycles. The average Bonchev–Trinajstić information content (AvgIpc) is 3.24.